The van der Waals surface area contributed by atoms with E-state index < -0.39 is 30.0 Å². The van der Waals surface area contributed by atoms with Crippen LogP contribution in [0.3, 0.4) is 0 Å². The summed E-state index contributed by atoms with van der Waals surface area (Å²) in [6, 6.07) is 16.1. The molecule has 2 aromatic rings. The number of alkyl carbamates (subject to hydrolysis) is 1. The first kappa shape index (κ1) is 22.8. The second-order valence-corrected chi connectivity index (χ2v) is 8.19. The largest absolute Gasteiger partial charge is 0.479 e. The predicted octanol–water partition coefficient (Wildman–Crippen LogP) is 2.45. The van der Waals surface area contributed by atoms with Gasteiger partial charge in [0.2, 0.25) is 0 Å². The monoisotopic (exact) mass is 454 g/mol. The van der Waals surface area contributed by atoms with Crippen molar-refractivity contribution in [1.29, 1.82) is 0 Å². The highest BCUT2D eigenvalue weighted by molar-refractivity contribution is 5.83. The Balaban J connectivity index is 1.36. The Morgan fingerprint density at radius 3 is 2.21 bits per heavy atom. The van der Waals surface area contributed by atoms with E-state index >= 15 is 0 Å². The van der Waals surface area contributed by atoms with Gasteiger partial charge in [0.05, 0.1) is 5.41 Å². The Morgan fingerprint density at radius 2 is 1.61 bits per heavy atom. The van der Waals surface area contributed by atoms with Gasteiger partial charge in [-0.15, -0.1) is 0 Å². The summed E-state index contributed by atoms with van der Waals surface area (Å²) in [5, 5.41) is 11.4. The van der Waals surface area contributed by atoms with E-state index in [0.29, 0.717) is 26.1 Å². The first-order valence-electron chi connectivity index (χ1n) is 10.8. The van der Waals surface area contributed by atoms with Gasteiger partial charge in [0.1, 0.15) is 6.61 Å². The summed E-state index contributed by atoms with van der Waals surface area (Å²) in [6.45, 7) is 0.231. The predicted molar refractivity (Wildman–Crippen MR) is 117 cm³/mol. The third-order valence-electron chi connectivity index (χ3n) is 6.21. The van der Waals surface area contributed by atoms with E-state index in [-0.39, 0.29) is 19.1 Å². The molecule has 1 aliphatic heterocycles. The number of benzene rings is 2. The summed E-state index contributed by atoms with van der Waals surface area (Å²) in [5.74, 6) is -1.76. The molecule has 4 rings (SSSR count). The highest BCUT2D eigenvalue weighted by atomic mass is 16.7. The number of nitrogens with one attached hydrogen (secondary N) is 2. The zero-order valence-electron chi connectivity index (χ0n) is 18.0. The fourth-order valence-corrected chi connectivity index (χ4v) is 4.41. The molecule has 2 aliphatic rings. The van der Waals surface area contributed by atoms with Crippen LogP contribution in [0.1, 0.15) is 29.9 Å². The van der Waals surface area contributed by atoms with Crippen molar-refractivity contribution in [3.05, 3.63) is 59.7 Å². The van der Waals surface area contributed by atoms with Crippen LogP contribution in [0.25, 0.3) is 11.1 Å². The van der Waals surface area contributed by atoms with E-state index in [9.17, 15) is 14.4 Å². The molecule has 1 saturated heterocycles. The van der Waals surface area contributed by atoms with Gasteiger partial charge in [0.25, 0.3) is 5.91 Å². The van der Waals surface area contributed by atoms with Gasteiger partial charge in [-0.1, -0.05) is 48.5 Å². The molecule has 33 heavy (non-hydrogen) atoms. The Labute approximate surface area is 191 Å². The van der Waals surface area contributed by atoms with Gasteiger partial charge in [-0.2, -0.15) is 0 Å². The summed E-state index contributed by atoms with van der Waals surface area (Å²) < 4.78 is 10.9. The fourth-order valence-electron chi connectivity index (χ4n) is 4.41. The number of aliphatic carboxylic acids is 1. The van der Waals surface area contributed by atoms with Crippen molar-refractivity contribution >= 4 is 18.0 Å². The van der Waals surface area contributed by atoms with Crippen molar-refractivity contribution in [2.45, 2.75) is 18.8 Å². The quantitative estimate of drug-likeness (QED) is 0.524. The number of hydrogen-bond donors (Lipinski definition) is 3. The highest BCUT2D eigenvalue weighted by Gasteiger charge is 2.41. The number of carboxylic acids is 1. The minimum absolute atomic E-state index is 0.0231. The normalized spacial score (nSPS) is 16.4. The molecule has 0 atom stereocenters. The van der Waals surface area contributed by atoms with Gasteiger partial charge in [-0.25, -0.2) is 15.1 Å². The molecule has 174 valence electrons. The van der Waals surface area contributed by atoms with Crippen molar-refractivity contribution in [2.75, 3.05) is 33.0 Å². The minimum Gasteiger partial charge on any atom is -0.479 e. The van der Waals surface area contributed by atoms with E-state index in [1.807, 2.05) is 36.4 Å². The van der Waals surface area contributed by atoms with Crippen LogP contribution in [0.5, 0.6) is 0 Å². The molecule has 1 aliphatic carbocycles. The fraction of sp³-hybridized carbons (Fsp3) is 0.375. The maximum absolute atomic E-state index is 12.7. The van der Waals surface area contributed by atoms with E-state index in [2.05, 4.69) is 22.9 Å². The summed E-state index contributed by atoms with van der Waals surface area (Å²) in [4.78, 5) is 40.6. The molecule has 1 heterocycles. The van der Waals surface area contributed by atoms with Crippen LogP contribution in [-0.4, -0.2) is 56.0 Å². The van der Waals surface area contributed by atoms with Crippen LogP contribution in [0, 0.1) is 5.41 Å². The van der Waals surface area contributed by atoms with Gasteiger partial charge in [-0.3, -0.25) is 9.63 Å². The molecule has 0 bridgehead atoms. The molecule has 9 heteroatoms. The maximum atomic E-state index is 12.7. The molecule has 9 nitrogen and oxygen atoms in total. The van der Waals surface area contributed by atoms with Gasteiger partial charge in [-0.05, 0) is 35.1 Å². The lowest BCUT2D eigenvalue weighted by molar-refractivity contribution is -0.156. The lowest BCUT2D eigenvalue weighted by atomic mass is 9.79. The van der Waals surface area contributed by atoms with Gasteiger partial charge in [0, 0.05) is 25.7 Å². The topological polar surface area (TPSA) is 123 Å². The summed E-state index contributed by atoms with van der Waals surface area (Å²) in [7, 11) is 0. The van der Waals surface area contributed by atoms with Crippen molar-refractivity contribution in [3.8, 4) is 11.1 Å². The Bertz CT molecular complexity index is 987. The summed E-state index contributed by atoms with van der Waals surface area (Å²) in [6.07, 6.45) is 0.0969. The number of carbonyl (C=O) groups excluding carboxylic acids is 2. The van der Waals surface area contributed by atoms with Crippen molar-refractivity contribution in [1.82, 2.24) is 10.8 Å². The first-order valence-corrected chi connectivity index (χ1v) is 10.8. The number of carbonyl (C=O) groups is 3. The van der Waals surface area contributed by atoms with E-state index in [4.69, 9.17) is 19.4 Å². The molecule has 0 aromatic heterocycles. The number of hydroxylamine groups is 1. The zero-order chi connectivity index (χ0) is 23.3. The molecular weight excluding hydrogens is 428 g/mol. The molecule has 0 saturated carbocycles. The van der Waals surface area contributed by atoms with Crippen LogP contribution < -0.4 is 10.8 Å². The Hall–Kier alpha value is -3.43. The number of rotatable bonds is 8. The Morgan fingerprint density at radius 1 is 1.00 bits per heavy atom. The molecule has 3 N–H and O–H groups in total. The standard InChI is InChI=1S/C24H26N2O7/c27-21(28)14-33-26-22(29)24(9-11-31-12-10-24)15-25-23(30)32-13-20-18-7-3-1-5-16(18)17-6-2-4-8-19(17)20/h1-8,20H,9-15H2,(H,25,30)(H,26,29)(H,27,28). The van der Waals surface area contributed by atoms with E-state index in [1.165, 1.54) is 0 Å². The number of ether oxygens (including phenoxy) is 2. The SMILES string of the molecule is O=C(O)CONC(=O)C1(CNC(=O)OCC2c3ccccc3-c3ccccc32)CCOCC1. The smallest absolute Gasteiger partial charge is 0.407 e. The lowest BCUT2D eigenvalue weighted by Crippen LogP contribution is -2.51. The van der Waals surface area contributed by atoms with Gasteiger partial charge in [0.15, 0.2) is 6.61 Å². The van der Waals surface area contributed by atoms with Crippen molar-refractivity contribution < 1.29 is 33.8 Å². The lowest BCUT2D eigenvalue weighted by Gasteiger charge is -2.35. The number of amides is 2. The average Bonchev–Trinajstić information content (AvgIpc) is 3.15. The van der Waals surface area contributed by atoms with Crippen molar-refractivity contribution in [3.63, 3.8) is 0 Å². The van der Waals surface area contributed by atoms with Crippen molar-refractivity contribution in [2.24, 2.45) is 5.41 Å². The number of carboxylic acid groups (broad SMARTS) is 1. The van der Waals surface area contributed by atoms with Crippen LogP contribution in [0.15, 0.2) is 48.5 Å². The summed E-state index contributed by atoms with van der Waals surface area (Å²) in [5.41, 5.74) is 5.72. The molecule has 0 radical (unpaired) electrons. The third-order valence-corrected chi connectivity index (χ3v) is 6.21. The first-order chi connectivity index (χ1) is 16.0. The average molecular weight is 454 g/mol. The van der Waals surface area contributed by atoms with Crippen LogP contribution in [0.2, 0.25) is 0 Å². The molecule has 2 aromatic carbocycles. The number of hydrogen-bond acceptors (Lipinski definition) is 6. The second kappa shape index (κ2) is 10.0. The van der Waals surface area contributed by atoms with Crippen LogP contribution in [0.4, 0.5) is 4.79 Å². The second-order valence-electron chi connectivity index (χ2n) is 8.19. The van der Waals surface area contributed by atoms with E-state index in [0.717, 1.165) is 22.3 Å². The number of fused-ring (bicyclic) bond motifs is 3. The van der Waals surface area contributed by atoms with Crippen LogP contribution in [-0.2, 0) is 23.9 Å². The minimum atomic E-state index is -1.20. The van der Waals surface area contributed by atoms with Gasteiger partial charge < -0.3 is 19.9 Å². The zero-order valence-corrected chi connectivity index (χ0v) is 18.0. The van der Waals surface area contributed by atoms with E-state index in [1.54, 1.807) is 0 Å². The molecule has 0 spiro atoms. The molecule has 0 unspecified atom stereocenters. The summed E-state index contributed by atoms with van der Waals surface area (Å²) >= 11 is 0. The Kier molecular flexibility index (Phi) is 6.90. The molecular formula is C24H26N2O7. The molecule has 1 fully saturated rings. The maximum Gasteiger partial charge on any atom is 0.407 e. The van der Waals surface area contributed by atoms with Crippen LogP contribution >= 0.6 is 0 Å². The molecule has 2 amide bonds. The highest BCUT2D eigenvalue weighted by Crippen LogP contribution is 2.44. The third kappa shape index (κ3) is 4.99. The van der Waals surface area contributed by atoms with Gasteiger partial charge >= 0.3 is 12.1 Å².